The lowest BCUT2D eigenvalue weighted by molar-refractivity contribution is 0.415. The van der Waals surface area contributed by atoms with E-state index in [0.717, 1.165) is 4.31 Å². The van der Waals surface area contributed by atoms with Gasteiger partial charge in [0.15, 0.2) is 5.25 Å². The van der Waals surface area contributed by atoms with Gasteiger partial charge in [-0.3, -0.25) is 4.31 Å². The van der Waals surface area contributed by atoms with Crippen LogP contribution in [0.3, 0.4) is 0 Å². The molecule has 0 aliphatic rings. The van der Waals surface area contributed by atoms with Crippen molar-refractivity contribution in [1.82, 2.24) is 0 Å². The van der Waals surface area contributed by atoms with E-state index in [9.17, 15) is 8.42 Å². The van der Waals surface area contributed by atoms with Gasteiger partial charge in [0, 0.05) is 7.05 Å². The first kappa shape index (κ1) is 14.3. The zero-order chi connectivity index (χ0) is 13.8. The summed E-state index contributed by atoms with van der Waals surface area (Å²) in [6.07, 6.45) is 0.248. The summed E-state index contributed by atoms with van der Waals surface area (Å²) < 4.78 is 30.6. The summed E-state index contributed by atoms with van der Waals surface area (Å²) in [5.74, 6) is 0.455. The molecule has 0 N–H and O–H groups in total. The van der Waals surface area contributed by atoms with E-state index in [4.69, 9.17) is 10.00 Å². The molecule has 18 heavy (non-hydrogen) atoms. The molecule has 0 amide bonds. The smallest absolute Gasteiger partial charge is 0.251 e. The van der Waals surface area contributed by atoms with E-state index in [2.05, 4.69) is 0 Å². The van der Waals surface area contributed by atoms with Crippen molar-refractivity contribution in [3.05, 3.63) is 24.3 Å². The van der Waals surface area contributed by atoms with Crippen molar-refractivity contribution < 1.29 is 13.2 Å². The van der Waals surface area contributed by atoms with Gasteiger partial charge in [0.05, 0.1) is 18.9 Å². The van der Waals surface area contributed by atoms with Gasteiger partial charge in [0.1, 0.15) is 5.75 Å². The third-order valence-electron chi connectivity index (χ3n) is 2.68. The van der Waals surface area contributed by atoms with Gasteiger partial charge in [0.25, 0.3) is 10.0 Å². The zero-order valence-electron chi connectivity index (χ0n) is 10.6. The molecule has 6 heteroatoms. The molecule has 0 saturated carbocycles. The van der Waals surface area contributed by atoms with Crippen LogP contribution in [0.15, 0.2) is 24.3 Å². The fraction of sp³-hybridized carbons (Fsp3) is 0.417. The first-order valence-electron chi connectivity index (χ1n) is 5.49. The van der Waals surface area contributed by atoms with Crippen molar-refractivity contribution in [3.8, 4) is 11.8 Å². The number of hydrogen-bond donors (Lipinski definition) is 0. The lowest BCUT2D eigenvalue weighted by Gasteiger charge is -2.23. The highest BCUT2D eigenvalue weighted by Crippen LogP contribution is 2.29. The fourth-order valence-corrected chi connectivity index (χ4v) is 2.95. The average Bonchev–Trinajstić information content (AvgIpc) is 2.38. The summed E-state index contributed by atoms with van der Waals surface area (Å²) in [5, 5.41) is 7.85. The van der Waals surface area contributed by atoms with Crippen LogP contribution in [0.2, 0.25) is 0 Å². The Morgan fingerprint density at radius 3 is 2.56 bits per heavy atom. The van der Waals surface area contributed by atoms with Crippen LogP contribution in [-0.4, -0.2) is 27.8 Å². The van der Waals surface area contributed by atoms with Gasteiger partial charge in [-0.2, -0.15) is 5.26 Å². The Hall–Kier alpha value is -1.74. The molecule has 1 rings (SSSR count). The van der Waals surface area contributed by atoms with Gasteiger partial charge in [-0.1, -0.05) is 19.1 Å². The first-order valence-corrected chi connectivity index (χ1v) is 6.99. The van der Waals surface area contributed by atoms with Crippen molar-refractivity contribution in [3.63, 3.8) is 0 Å². The van der Waals surface area contributed by atoms with Crippen LogP contribution in [0.1, 0.15) is 13.3 Å². The Labute approximate surface area is 108 Å². The Balaban J connectivity index is 3.22. The number of benzene rings is 1. The summed E-state index contributed by atoms with van der Waals surface area (Å²) in [5.41, 5.74) is 0.425. The van der Waals surface area contributed by atoms with E-state index < -0.39 is 15.3 Å². The topological polar surface area (TPSA) is 70.4 Å². The highest BCUT2D eigenvalue weighted by molar-refractivity contribution is 7.93. The molecule has 0 aromatic heterocycles. The van der Waals surface area contributed by atoms with Crippen LogP contribution in [0, 0.1) is 11.3 Å². The van der Waals surface area contributed by atoms with E-state index in [1.165, 1.54) is 14.2 Å². The van der Waals surface area contributed by atoms with Crippen molar-refractivity contribution in [1.29, 1.82) is 5.26 Å². The van der Waals surface area contributed by atoms with Crippen LogP contribution in [0.25, 0.3) is 0 Å². The lowest BCUT2D eigenvalue weighted by Crippen LogP contribution is -2.35. The molecule has 0 saturated heterocycles. The Morgan fingerprint density at radius 2 is 2.06 bits per heavy atom. The second-order valence-electron chi connectivity index (χ2n) is 3.71. The third-order valence-corrected chi connectivity index (χ3v) is 4.80. The molecular formula is C12H16N2O3S. The molecule has 0 aliphatic heterocycles. The lowest BCUT2D eigenvalue weighted by atomic mass is 10.3. The summed E-state index contributed by atoms with van der Waals surface area (Å²) >= 11 is 0. The SMILES string of the molecule is CCC(C#N)S(=O)(=O)N(C)c1ccccc1OC. The van der Waals surface area contributed by atoms with E-state index in [0.29, 0.717) is 11.4 Å². The quantitative estimate of drug-likeness (QED) is 0.816. The maximum atomic E-state index is 12.2. The summed E-state index contributed by atoms with van der Waals surface area (Å²) in [7, 11) is -0.798. The largest absolute Gasteiger partial charge is 0.495 e. The van der Waals surface area contributed by atoms with Gasteiger partial charge in [-0.25, -0.2) is 8.42 Å². The van der Waals surface area contributed by atoms with Gasteiger partial charge in [-0.05, 0) is 18.6 Å². The molecule has 1 unspecified atom stereocenters. The molecule has 0 spiro atoms. The predicted molar refractivity (Wildman–Crippen MR) is 70.0 cm³/mol. The number of methoxy groups -OCH3 is 1. The third kappa shape index (κ3) is 2.57. The van der Waals surface area contributed by atoms with Crippen LogP contribution in [-0.2, 0) is 10.0 Å². The Bertz CT molecular complexity index is 549. The maximum absolute atomic E-state index is 12.2. The van der Waals surface area contributed by atoms with Crippen LogP contribution in [0.4, 0.5) is 5.69 Å². The van der Waals surface area contributed by atoms with Gasteiger partial charge >= 0.3 is 0 Å². The predicted octanol–water partition coefficient (Wildman–Crippen LogP) is 1.76. The van der Waals surface area contributed by atoms with E-state index in [1.807, 2.05) is 6.07 Å². The number of hydrogen-bond acceptors (Lipinski definition) is 4. The molecule has 0 heterocycles. The van der Waals surface area contributed by atoms with Gasteiger partial charge < -0.3 is 4.74 Å². The minimum atomic E-state index is -3.69. The first-order chi connectivity index (χ1) is 8.48. The molecule has 98 valence electrons. The fourth-order valence-electron chi connectivity index (χ4n) is 1.59. The Morgan fingerprint density at radius 1 is 1.44 bits per heavy atom. The molecule has 0 bridgehead atoms. The minimum Gasteiger partial charge on any atom is -0.495 e. The van der Waals surface area contributed by atoms with E-state index in [1.54, 1.807) is 31.2 Å². The normalized spacial score (nSPS) is 12.6. The summed E-state index contributed by atoms with van der Waals surface area (Å²) in [6, 6.07) is 8.60. The maximum Gasteiger partial charge on any atom is 0.251 e. The molecule has 1 aromatic carbocycles. The summed E-state index contributed by atoms with van der Waals surface area (Å²) in [6.45, 7) is 1.67. The van der Waals surface area contributed by atoms with Crippen LogP contribution in [0.5, 0.6) is 5.75 Å². The molecule has 1 atom stereocenters. The van der Waals surface area contributed by atoms with Crippen molar-refractivity contribution >= 4 is 15.7 Å². The molecule has 1 aromatic rings. The number of rotatable bonds is 5. The van der Waals surface area contributed by atoms with Gasteiger partial charge in [0.2, 0.25) is 0 Å². The summed E-state index contributed by atoms with van der Waals surface area (Å²) in [4.78, 5) is 0. The zero-order valence-corrected chi connectivity index (χ0v) is 11.4. The number of para-hydroxylation sites is 2. The average molecular weight is 268 g/mol. The number of nitrogens with zero attached hydrogens (tertiary/aromatic N) is 2. The van der Waals surface area contributed by atoms with Crippen LogP contribution < -0.4 is 9.04 Å². The molecular weight excluding hydrogens is 252 g/mol. The monoisotopic (exact) mass is 268 g/mol. The van der Waals surface area contributed by atoms with Crippen LogP contribution >= 0.6 is 0 Å². The molecule has 0 aliphatic carbocycles. The molecule has 0 fully saturated rings. The van der Waals surface area contributed by atoms with E-state index >= 15 is 0 Å². The molecule has 5 nitrogen and oxygen atoms in total. The minimum absolute atomic E-state index is 0.248. The Kier molecular flexibility index (Phi) is 4.56. The number of nitriles is 1. The van der Waals surface area contributed by atoms with E-state index in [-0.39, 0.29) is 6.42 Å². The number of anilines is 1. The van der Waals surface area contributed by atoms with Crippen molar-refractivity contribution in [2.24, 2.45) is 0 Å². The highest BCUT2D eigenvalue weighted by Gasteiger charge is 2.29. The van der Waals surface area contributed by atoms with Crippen molar-refractivity contribution in [2.75, 3.05) is 18.5 Å². The second kappa shape index (κ2) is 5.74. The van der Waals surface area contributed by atoms with Gasteiger partial charge in [-0.15, -0.1) is 0 Å². The number of sulfonamides is 1. The van der Waals surface area contributed by atoms with Crippen molar-refractivity contribution in [2.45, 2.75) is 18.6 Å². The second-order valence-corrected chi connectivity index (χ2v) is 5.86. The standard InChI is InChI=1S/C12H16N2O3S/c1-4-10(9-13)18(15,16)14(2)11-7-5-6-8-12(11)17-3/h5-8,10H,4H2,1-3H3. The highest BCUT2D eigenvalue weighted by atomic mass is 32.2. The number of ether oxygens (including phenoxy) is 1. The molecule has 0 radical (unpaired) electrons.